The van der Waals surface area contributed by atoms with Crippen LogP contribution in [-0.4, -0.2) is 38.3 Å². The van der Waals surface area contributed by atoms with Gasteiger partial charge in [-0.2, -0.15) is 5.10 Å². The minimum Gasteiger partial charge on any atom is -0.320 e. The van der Waals surface area contributed by atoms with Gasteiger partial charge in [0.15, 0.2) is 0 Å². The Hall–Kier alpha value is -1.28. The molecular formula is C24H38Cl2N4O2S. The van der Waals surface area contributed by atoms with E-state index < -0.39 is 10.0 Å². The molecule has 2 aromatic rings. The molecule has 1 aromatic carbocycles. The van der Waals surface area contributed by atoms with Gasteiger partial charge in [0.25, 0.3) is 10.0 Å². The van der Waals surface area contributed by atoms with Crippen LogP contribution in [0.3, 0.4) is 0 Å². The van der Waals surface area contributed by atoms with Crippen molar-refractivity contribution in [1.29, 1.82) is 0 Å². The number of hydrogen-bond donors (Lipinski definition) is 1. The number of sulfonamides is 1. The molecule has 0 fully saturated rings. The Morgan fingerprint density at radius 1 is 1.12 bits per heavy atom. The zero-order chi connectivity index (χ0) is 24.8. The molecule has 0 radical (unpaired) electrons. The highest BCUT2D eigenvalue weighted by Crippen LogP contribution is 2.37. The van der Waals surface area contributed by atoms with Crippen LogP contribution in [-0.2, 0) is 23.5 Å². The number of aromatic nitrogens is 2. The van der Waals surface area contributed by atoms with E-state index in [1.165, 1.54) is 23.6 Å². The molecule has 1 atom stereocenters. The molecule has 0 spiro atoms. The summed E-state index contributed by atoms with van der Waals surface area (Å²) >= 11 is 13.1. The topological polar surface area (TPSA) is 67.2 Å². The summed E-state index contributed by atoms with van der Waals surface area (Å²) < 4.78 is 30.3. The fourth-order valence-corrected chi connectivity index (χ4v) is 7.26. The lowest BCUT2D eigenvalue weighted by Gasteiger charge is -2.24. The van der Waals surface area contributed by atoms with Gasteiger partial charge in [-0.15, -0.1) is 0 Å². The highest BCUT2D eigenvalue weighted by Gasteiger charge is 2.32. The summed E-state index contributed by atoms with van der Waals surface area (Å²) in [6.07, 6.45) is 6.54. The number of benzene rings is 1. The zero-order valence-electron chi connectivity index (χ0n) is 20.7. The van der Waals surface area contributed by atoms with Crippen molar-refractivity contribution in [1.82, 2.24) is 15.1 Å². The van der Waals surface area contributed by atoms with Crippen LogP contribution >= 0.6 is 23.2 Å². The molecule has 1 aromatic heterocycles. The summed E-state index contributed by atoms with van der Waals surface area (Å²) in [6, 6.07) is 3.50. The molecule has 0 saturated heterocycles. The quantitative estimate of drug-likeness (QED) is 0.359. The number of hydrogen-bond acceptors (Lipinski definition) is 4. The SMILES string of the molecule is CCCC(CCCc1cc(Cl)c(S(=O)(=O)N(CC)c2c(C)nn(C)c2C)c(Cl)c1)CCNC. The molecular weight excluding hydrogens is 479 g/mol. The molecule has 1 unspecified atom stereocenters. The molecule has 0 aliphatic carbocycles. The molecule has 1 N–H and O–H groups in total. The van der Waals surface area contributed by atoms with Crippen LogP contribution in [0.25, 0.3) is 0 Å². The van der Waals surface area contributed by atoms with Crippen LogP contribution < -0.4 is 9.62 Å². The molecule has 0 amide bonds. The lowest BCUT2D eigenvalue weighted by Crippen LogP contribution is -2.32. The normalized spacial score (nSPS) is 12.8. The maximum atomic E-state index is 13.6. The minimum atomic E-state index is -3.96. The van der Waals surface area contributed by atoms with Crippen molar-refractivity contribution in [2.45, 2.75) is 71.1 Å². The van der Waals surface area contributed by atoms with E-state index in [0.717, 1.165) is 37.1 Å². The van der Waals surface area contributed by atoms with Gasteiger partial charge in [0.1, 0.15) is 4.90 Å². The monoisotopic (exact) mass is 516 g/mol. The first kappa shape index (κ1) is 28.0. The van der Waals surface area contributed by atoms with Crippen molar-refractivity contribution in [3.05, 3.63) is 39.1 Å². The number of aryl methyl sites for hydroxylation is 3. The first-order valence-electron chi connectivity index (χ1n) is 11.7. The Kier molecular flexibility index (Phi) is 10.5. The third-order valence-corrected chi connectivity index (χ3v) is 8.99. The van der Waals surface area contributed by atoms with Gasteiger partial charge in [0, 0.05) is 13.6 Å². The van der Waals surface area contributed by atoms with E-state index in [0.29, 0.717) is 17.3 Å². The number of nitrogens with zero attached hydrogens (tertiary/aromatic N) is 3. The summed E-state index contributed by atoms with van der Waals surface area (Å²) in [6.45, 7) is 8.94. The zero-order valence-corrected chi connectivity index (χ0v) is 23.0. The van der Waals surface area contributed by atoms with E-state index in [4.69, 9.17) is 23.2 Å². The van der Waals surface area contributed by atoms with E-state index in [1.54, 1.807) is 37.7 Å². The average molecular weight is 518 g/mol. The molecule has 0 saturated carbocycles. The van der Waals surface area contributed by atoms with E-state index in [-0.39, 0.29) is 21.5 Å². The Labute approximate surface area is 209 Å². The third-order valence-electron chi connectivity index (χ3n) is 6.19. The van der Waals surface area contributed by atoms with Gasteiger partial charge in [-0.3, -0.25) is 8.99 Å². The summed E-state index contributed by atoms with van der Waals surface area (Å²) in [5.74, 6) is 0.692. The molecule has 1 heterocycles. The van der Waals surface area contributed by atoms with Crippen molar-refractivity contribution >= 4 is 38.9 Å². The molecule has 6 nitrogen and oxygen atoms in total. The first-order chi connectivity index (χ1) is 15.6. The van der Waals surface area contributed by atoms with Crippen molar-refractivity contribution in [2.75, 3.05) is 24.4 Å². The van der Waals surface area contributed by atoms with Crippen LogP contribution in [0.15, 0.2) is 17.0 Å². The summed E-state index contributed by atoms with van der Waals surface area (Å²) in [5.41, 5.74) is 2.94. The van der Waals surface area contributed by atoms with Crippen molar-refractivity contribution in [3.8, 4) is 0 Å². The van der Waals surface area contributed by atoms with E-state index in [2.05, 4.69) is 17.3 Å². The van der Waals surface area contributed by atoms with Gasteiger partial charge in [0.2, 0.25) is 0 Å². The van der Waals surface area contributed by atoms with Crippen molar-refractivity contribution < 1.29 is 8.42 Å². The van der Waals surface area contributed by atoms with Gasteiger partial charge in [-0.25, -0.2) is 8.42 Å². The van der Waals surface area contributed by atoms with Gasteiger partial charge >= 0.3 is 0 Å². The maximum absolute atomic E-state index is 13.6. The standard InChI is InChI=1S/C24H38Cl2N4O2S/c1-7-10-19(13-14-27-5)11-9-12-20-15-21(25)24(22(26)16-20)33(31,32)30(8-2)23-17(3)28-29(6)18(23)4/h15-16,19,27H,7-14H2,1-6H3. The Morgan fingerprint density at radius 2 is 1.76 bits per heavy atom. The summed E-state index contributed by atoms with van der Waals surface area (Å²) in [7, 11) is -0.175. The Bertz CT molecular complexity index is 1010. The highest BCUT2D eigenvalue weighted by atomic mass is 35.5. The average Bonchev–Trinajstić information content (AvgIpc) is 2.98. The predicted octanol–water partition coefficient (Wildman–Crippen LogP) is 5.91. The van der Waals surface area contributed by atoms with Crippen LogP contribution in [0.1, 0.15) is 62.9 Å². The van der Waals surface area contributed by atoms with Gasteiger partial charge in [-0.1, -0.05) is 49.4 Å². The second-order valence-electron chi connectivity index (χ2n) is 8.64. The second kappa shape index (κ2) is 12.4. The van der Waals surface area contributed by atoms with Crippen molar-refractivity contribution in [2.24, 2.45) is 13.0 Å². The third kappa shape index (κ3) is 6.65. The summed E-state index contributed by atoms with van der Waals surface area (Å²) in [5, 5.41) is 7.92. The van der Waals surface area contributed by atoms with Gasteiger partial charge in [0.05, 0.1) is 27.1 Å². The number of anilines is 1. The molecule has 0 bridgehead atoms. The second-order valence-corrected chi connectivity index (χ2v) is 11.3. The fourth-order valence-electron chi connectivity index (χ4n) is 4.47. The smallest absolute Gasteiger partial charge is 0.267 e. The van der Waals surface area contributed by atoms with Crippen LogP contribution in [0, 0.1) is 19.8 Å². The number of rotatable bonds is 13. The van der Waals surface area contributed by atoms with Crippen molar-refractivity contribution in [3.63, 3.8) is 0 Å². The molecule has 0 aliphatic heterocycles. The molecule has 9 heteroatoms. The largest absolute Gasteiger partial charge is 0.320 e. The minimum absolute atomic E-state index is 0.0445. The Morgan fingerprint density at radius 3 is 2.24 bits per heavy atom. The van der Waals surface area contributed by atoms with Gasteiger partial charge in [-0.05, 0) is 77.2 Å². The lowest BCUT2D eigenvalue weighted by molar-refractivity contribution is 0.399. The Balaban J connectivity index is 2.26. The van der Waals surface area contributed by atoms with E-state index >= 15 is 0 Å². The van der Waals surface area contributed by atoms with Crippen LogP contribution in [0.5, 0.6) is 0 Å². The molecule has 2 rings (SSSR count). The van der Waals surface area contributed by atoms with E-state index in [9.17, 15) is 8.42 Å². The molecule has 0 aliphatic rings. The van der Waals surface area contributed by atoms with Crippen LogP contribution in [0.2, 0.25) is 10.0 Å². The number of halogens is 2. The molecule has 186 valence electrons. The number of nitrogens with one attached hydrogen (secondary N) is 1. The maximum Gasteiger partial charge on any atom is 0.267 e. The highest BCUT2D eigenvalue weighted by molar-refractivity contribution is 7.93. The lowest BCUT2D eigenvalue weighted by atomic mass is 9.92. The fraction of sp³-hybridized carbons (Fsp3) is 0.625. The van der Waals surface area contributed by atoms with E-state index in [1.807, 2.05) is 14.0 Å². The predicted molar refractivity (Wildman–Crippen MR) is 139 cm³/mol. The van der Waals surface area contributed by atoms with Crippen LogP contribution in [0.4, 0.5) is 5.69 Å². The molecule has 33 heavy (non-hydrogen) atoms. The summed E-state index contributed by atoms with van der Waals surface area (Å²) in [4.78, 5) is -0.0445. The van der Waals surface area contributed by atoms with Gasteiger partial charge < -0.3 is 5.32 Å². The first-order valence-corrected chi connectivity index (χ1v) is 13.9.